The number of benzene rings is 1. The van der Waals surface area contributed by atoms with Gasteiger partial charge in [0.2, 0.25) is 5.95 Å². The summed E-state index contributed by atoms with van der Waals surface area (Å²) in [5, 5.41) is 4.98. The minimum atomic E-state index is -0.307. The van der Waals surface area contributed by atoms with Crippen molar-refractivity contribution in [3.63, 3.8) is 0 Å². The van der Waals surface area contributed by atoms with Crippen LogP contribution in [-0.4, -0.2) is 46.2 Å². The summed E-state index contributed by atoms with van der Waals surface area (Å²) in [5.74, 6) is 0.483. The van der Waals surface area contributed by atoms with Gasteiger partial charge in [-0.1, -0.05) is 12.1 Å². The number of aryl methyl sites for hydroxylation is 1. The van der Waals surface area contributed by atoms with Crippen molar-refractivity contribution in [2.45, 2.75) is 19.9 Å². The molecule has 1 aliphatic heterocycles. The van der Waals surface area contributed by atoms with Crippen LogP contribution in [0.2, 0.25) is 0 Å². The van der Waals surface area contributed by atoms with E-state index in [2.05, 4.69) is 31.8 Å². The first-order valence-corrected chi connectivity index (χ1v) is 8.55. The zero-order chi connectivity index (χ0) is 17.2. The molecule has 6 nitrogen and oxygen atoms in total. The van der Waals surface area contributed by atoms with Crippen molar-refractivity contribution < 1.29 is 8.91 Å². The van der Waals surface area contributed by atoms with Crippen molar-refractivity contribution >= 4 is 16.9 Å². The van der Waals surface area contributed by atoms with Crippen molar-refractivity contribution in [2.24, 2.45) is 0 Å². The number of aromatic nitrogens is 3. The van der Waals surface area contributed by atoms with Crippen molar-refractivity contribution in [1.82, 2.24) is 20.0 Å². The average Bonchev–Trinajstić information content (AvgIpc) is 3.04. The van der Waals surface area contributed by atoms with E-state index in [1.165, 1.54) is 12.1 Å². The summed E-state index contributed by atoms with van der Waals surface area (Å²) < 4.78 is 18.5. The maximum Gasteiger partial charge on any atom is 0.225 e. The second kappa shape index (κ2) is 6.76. The van der Waals surface area contributed by atoms with Gasteiger partial charge in [0.05, 0.1) is 0 Å². The van der Waals surface area contributed by atoms with E-state index < -0.39 is 0 Å². The van der Waals surface area contributed by atoms with Gasteiger partial charge in [-0.05, 0) is 24.1 Å². The first-order valence-electron chi connectivity index (χ1n) is 8.55. The number of nitrogens with zero attached hydrogens (tertiary/aromatic N) is 5. The van der Waals surface area contributed by atoms with E-state index in [9.17, 15) is 4.39 Å². The Hall–Kier alpha value is -2.54. The number of fused-ring (bicyclic) bond motifs is 1. The largest absolute Gasteiger partial charge is 0.356 e. The standard InChI is InChI=1S/C18H20FN5O/c1-2-13-10-20-18(21-11-13)24-7-5-23(6-8-24)12-16-15-4-3-14(19)9-17(15)25-22-16/h3-4,9-11H,2,5-8,12H2,1H3. The predicted molar refractivity (Wildman–Crippen MR) is 92.9 cm³/mol. The fourth-order valence-electron chi connectivity index (χ4n) is 3.09. The molecule has 0 N–H and O–H groups in total. The number of hydrogen-bond acceptors (Lipinski definition) is 6. The van der Waals surface area contributed by atoms with E-state index in [0.29, 0.717) is 12.1 Å². The molecule has 0 bridgehead atoms. The third-order valence-electron chi connectivity index (χ3n) is 4.64. The van der Waals surface area contributed by atoms with E-state index in [-0.39, 0.29) is 5.82 Å². The lowest BCUT2D eigenvalue weighted by atomic mass is 10.2. The van der Waals surface area contributed by atoms with Crippen LogP contribution < -0.4 is 4.90 Å². The molecule has 0 saturated carbocycles. The van der Waals surface area contributed by atoms with Gasteiger partial charge in [0, 0.05) is 56.6 Å². The molecule has 0 spiro atoms. The van der Waals surface area contributed by atoms with Gasteiger partial charge in [0.25, 0.3) is 0 Å². The molecule has 0 atom stereocenters. The molecule has 1 aromatic carbocycles. The minimum Gasteiger partial charge on any atom is -0.356 e. The van der Waals surface area contributed by atoms with E-state index in [0.717, 1.165) is 55.2 Å². The lowest BCUT2D eigenvalue weighted by Crippen LogP contribution is -2.46. The van der Waals surface area contributed by atoms with Crippen molar-refractivity contribution in [3.8, 4) is 0 Å². The van der Waals surface area contributed by atoms with Crippen LogP contribution in [0.15, 0.2) is 35.1 Å². The van der Waals surface area contributed by atoms with Crippen LogP contribution in [0, 0.1) is 5.82 Å². The first-order chi connectivity index (χ1) is 12.2. The summed E-state index contributed by atoms with van der Waals surface area (Å²) in [6, 6.07) is 4.55. The molecule has 0 amide bonds. The van der Waals surface area contributed by atoms with Crippen molar-refractivity contribution in [1.29, 1.82) is 0 Å². The van der Waals surface area contributed by atoms with Crippen LogP contribution in [0.4, 0.5) is 10.3 Å². The van der Waals surface area contributed by atoms with Gasteiger partial charge in [-0.3, -0.25) is 4.90 Å². The molecule has 0 unspecified atom stereocenters. The Morgan fingerprint density at radius 3 is 2.60 bits per heavy atom. The quantitative estimate of drug-likeness (QED) is 0.727. The molecule has 2 aromatic heterocycles. The topological polar surface area (TPSA) is 58.3 Å². The summed E-state index contributed by atoms with van der Waals surface area (Å²) in [7, 11) is 0. The lowest BCUT2D eigenvalue weighted by Gasteiger charge is -2.34. The number of rotatable bonds is 4. The fraction of sp³-hybridized carbons (Fsp3) is 0.389. The highest BCUT2D eigenvalue weighted by Gasteiger charge is 2.21. The Morgan fingerprint density at radius 2 is 1.88 bits per heavy atom. The smallest absolute Gasteiger partial charge is 0.225 e. The van der Waals surface area contributed by atoms with Crippen LogP contribution in [0.3, 0.4) is 0 Å². The third-order valence-corrected chi connectivity index (χ3v) is 4.64. The number of halogens is 1. The van der Waals surface area contributed by atoms with E-state index >= 15 is 0 Å². The zero-order valence-electron chi connectivity index (χ0n) is 14.2. The van der Waals surface area contributed by atoms with Crippen molar-refractivity contribution in [3.05, 3.63) is 47.7 Å². The van der Waals surface area contributed by atoms with Gasteiger partial charge in [-0.25, -0.2) is 14.4 Å². The predicted octanol–water partition coefficient (Wildman–Crippen LogP) is 2.64. The monoisotopic (exact) mass is 341 g/mol. The van der Waals surface area contributed by atoms with E-state index in [1.54, 1.807) is 6.07 Å². The van der Waals surface area contributed by atoms with Crippen LogP contribution >= 0.6 is 0 Å². The molecule has 4 rings (SSSR count). The van der Waals surface area contributed by atoms with Crippen LogP contribution in [0.25, 0.3) is 11.0 Å². The Balaban J connectivity index is 1.39. The summed E-state index contributed by atoms with van der Waals surface area (Å²) in [6.45, 7) is 6.33. The zero-order valence-corrected chi connectivity index (χ0v) is 14.2. The molecule has 1 saturated heterocycles. The molecule has 0 radical (unpaired) electrons. The third kappa shape index (κ3) is 3.32. The molecule has 3 heterocycles. The first kappa shape index (κ1) is 16.0. The Bertz CT molecular complexity index is 856. The lowest BCUT2D eigenvalue weighted by molar-refractivity contribution is 0.242. The maximum atomic E-state index is 13.2. The molecule has 3 aromatic rings. The van der Waals surface area contributed by atoms with Gasteiger partial charge < -0.3 is 9.42 Å². The Labute approximate surface area is 145 Å². The molecule has 130 valence electrons. The van der Waals surface area contributed by atoms with Crippen LogP contribution in [-0.2, 0) is 13.0 Å². The summed E-state index contributed by atoms with van der Waals surface area (Å²) in [4.78, 5) is 13.4. The summed E-state index contributed by atoms with van der Waals surface area (Å²) in [5.41, 5.74) is 2.50. The summed E-state index contributed by atoms with van der Waals surface area (Å²) >= 11 is 0. The second-order valence-electron chi connectivity index (χ2n) is 6.28. The van der Waals surface area contributed by atoms with E-state index in [4.69, 9.17) is 4.52 Å². The highest BCUT2D eigenvalue weighted by molar-refractivity contribution is 5.79. The number of piperazine rings is 1. The molecule has 7 heteroatoms. The van der Waals surface area contributed by atoms with Gasteiger partial charge in [0.15, 0.2) is 5.58 Å². The van der Waals surface area contributed by atoms with Crippen molar-refractivity contribution in [2.75, 3.05) is 31.1 Å². The van der Waals surface area contributed by atoms with E-state index in [1.807, 2.05) is 12.4 Å². The maximum absolute atomic E-state index is 13.2. The molecule has 0 aliphatic carbocycles. The number of anilines is 1. The second-order valence-corrected chi connectivity index (χ2v) is 6.28. The van der Waals surface area contributed by atoms with Gasteiger partial charge in [-0.15, -0.1) is 0 Å². The van der Waals surface area contributed by atoms with Gasteiger partial charge in [-0.2, -0.15) is 0 Å². The number of hydrogen-bond donors (Lipinski definition) is 0. The molecular weight excluding hydrogens is 321 g/mol. The van der Waals surface area contributed by atoms with Gasteiger partial charge in [0.1, 0.15) is 11.5 Å². The fourth-order valence-corrected chi connectivity index (χ4v) is 3.09. The Morgan fingerprint density at radius 1 is 1.12 bits per heavy atom. The summed E-state index contributed by atoms with van der Waals surface area (Å²) in [6.07, 6.45) is 4.74. The highest BCUT2D eigenvalue weighted by Crippen LogP contribution is 2.21. The normalized spacial score (nSPS) is 15.8. The molecule has 25 heavy (non-hydrogen) atoms. The minimum absolute atomic E-state index is 0.307. The average molecular weight is 341 g/mol. The Kier molecular flexibility index (Phi) is 4.31. The molecule has 1 aliphatic rings. The molecule has 1 fully saturated rings. The highest BCUT2D eigenvalue weighted by atomic mass is 19.1. The molecular formula is C18H20FN5O. The van der Waals surface area contributed by atoms with Crippen LogP contribution in [0.1, 0.15) is 18.2 Å². The van der Waals surface area contributed by atoms with Gasteiger partial charge >= 0.3 is 0 Å². The SMILES string of the molecule is CCc1cnc(N2CCN(Cc3noc4cc(F)ccc34)CC2)nc1. The van der Waals surface area contributed by atoms with Crippen LogP contribution in [0.5, 0.6) is 0 Å².